The van der Waals surface area contributed by atoms with Crippen LogP contribution in [0.4, 0.5) is 0 Å². The van der Waals surface area contributed by atoms with Crippen LogP contribution in [0.25, 0.3) is 0 Å². The average molecular weight is 303 g/mol. The van der Waals surface area contributed by atoms with Gasteiger partial charge in [0.05, 0.1) is 28.7 Å². The molecule has 0 saturated carbocycles. The Hall–Kier alpha value is -1.01. The van der Waals surface area contributed by atoms with Crippen LogP contribution in [0.3, 0.4) is 0 Å². The minimum absolute atomic E-state index is 0.177. The van der Waals surface area contributed by atoms with Gasteiger partial charge in [0.1, 0.15) is 0 Å². The molecule has 1 unspecified atom stereocenters. The molecule has 0 aliphatic rings. The van der Waals surface area contributed by atoms with Gasteiger partial charge in [0, 0.05) is 19.0 Å². The zero-order valence-corrected chi connectivity index (χ0v) is 12.3. The summed E-state index contributed by atoms with van der Waals surface area (Å²) in [5.41, 5.74) is 5.33. The standard InChI is InChI=1S/C12H16Cl2N4O/c1-3-8-11(13)10(18(2)17-8)6-9(16-15)7-4-5-19-12(7)14/h4-5,9,16H,3,6,15H2,1-2H3. The van der Waals surface area contributed by atoms with Crippen molar-refractivity contribution in [1.82, 2.24) is 15.2 Å². The van der Waals surface area contributed by atoms with Crippen molar-refractivity contribution in [2.45, 2.75) is 25.8 Å². The highest BCUT2D eigenvalue weighted by Gasteiger charge is 2.21. The summed E-state index contributed by atoms with van der Waals surface area (Å²) in [5.74, 6) is 5.60. The fourth-order valence-electron chi connectivity index (χ4n) is 2.05. The maximum atomic E-state index is 6.32. The first-order valence-corrected chi connectivity index (χ1v) is 6.73. The third-order valence-corrected chi connectivity index (χ3v) is 3.87. The molecule has 0 bridgehead atoms. The van der Waals surface area contributed by atoms with E-state index in [4.69, 9.17) is 33.5 Å². The van der Waals surface area contributed by atoms with E-state index in [1.54, 1.807) is 10.7 Å². The van der Waals surface area contributed by atoms with Gasteiger partial charge in [-0.3, -0.25) is 16.0 Å². The molecular formula is C12H16Cl2N4O. The molecular weight excluding hydrogens is 287 g/mol. The third-order valence-electron chi connectivity index (χ3n) is 3.12. The summed E-state index contributed by atoms with van der Waals surface area (Å²) >= 11 is 12.3. The van der Waals surface area contributed by atoms with Crippen molar-refractivity contribution in [3.8, 4) is 0 Å². The summed E-state index contributed by atoms with van der Waals surface area (Å²) < 4.78 is 6.86. The minimum Gasteiger partial charge on any atom is -0.453 e. The second-order valence-corrected chi connectivity index (χ2v) is 4.98. The van der Waals surface area contributed by atoms with Gasteiger partial charge in [0.2, 0.25) is 0 Å². The number of aryl methyl sites for hydroxylation is 2. The van der Waals surface area contributed by atoms with Crippen LogP contribution in [0.15, 0.2) is 16.7 Å². The summed E-state index contributed by atoms with van der Waals surface area (Å²) in [7, 11) is 1.87. The lowest BCUT2D eigenvalue weighted by Gasteiger charge is -2.15. The topological polar surface area (TPSA) is 69.0 Å². The van der Waals surface area contributed by atoms with Crippen molar-refractivity contribution in [2.75, 3.05) is 0 Å². The van der Waals surface area contributed by atoms with Crippen molar-refractivity contribution in [2.24, 2.45) is 12.9 Å². The predicted octanol–water partition coefficient (Wildman–Crippen LogP) is 2.63. The summed E-state index contributed by atoms with van der Waals surface area (Å²) in [6.45, 7) is 2.02. The summed E-state index contributed by atoms with van der Waals surface area (Å²) in [4.78, 5) is 0. The van der Waals surface area contributed by atoms with Crippen molar-refractivity contribution in [3.63, 3.8) is 0 Å². The quantitative estimate of drug-likeness (QED) is 0.658. The number of rotatable bonds is 5. The SMILES string of the molecule is CCc1nn(C)c(CC(NN)c2ccoc2Cl)c1Cl. The molecule has 2 aromatic rings. The summed E-state index contributed by atoms with van der Waals surface area (Å²) in [5, 5.41) is 5.40. The van der Waals surface area contributed by atoms with E-state index in [-0.39, 0.29) is 6.04 Å². The molecule has 0 saturated heterocycles. The molecule has 19 heavy (non-hydrogen) atoms. The zero-order chi connectivity index (χ0) is 14.0. The molecule has 2 heterocycles. The number of hydrazine groups is 1. The van der Waals surface area contributed by atoms with E-state index in [1.165, 1.54) is 6.26 Å². The first-order chi connectivity index (χ1) is 9.08. The molecule has 0 fully saturated rings. The summed E-state index contributed by atoms with van der Waals surface area (Å²) in [6, 6.07) is 1.61. The molecule has 104 valence electrons. The molecule has 7 heteroatoms. The molecule has 0 radical (unpaired) electrons. The fraction of sp³-hybridized carbons (Fsp3) is 0.417. The second kappa shape index (κ2) is 5.96. The highest BCUT2D eigenvalue weighted by Crippen LogP contribution is 2.29. The van der Waals surface area contributed by atoms with Gasteiger partial charge in [-0.05, 0) is 24.1 Å². The predicted molar refractivity (Wildman–Crippen MR) is 75.1 cm³/mol. The maximum absolute atomic E-state index is 6.32. The fourth-order valence-corrected chi connectivity index (χ4v) is 2.66. The first kappa shape index (κ1) is 14.4. The molecule has 5 nitrogen and oxygen atoms in total. The normalized spacial score (nSPS) is 12.9. The van der Waals surface area contributed by atoms with Crippen molar-refractivity contribution >= 4 is 23.2 Å². The number of nitrogens with one attached hydrogen (secondary N) is 1. The maximum Gasteiger partial charge on any atom is 0.197 e. The van der Waals surface area contributed by atoms with E-state index in [1.807, 2.05) is 14.0 Å². The highest BCUT2D eigenvalue weighted by molar-refractivity contribution is 6.32. The van der Waals surface area contributed by atoms with Gasteiger partial charge in [0.25, 0.3) is 0 Å². The second-order valence-electron chi connectivity index (χ2n) is 4.26. The van der Waals surface area contributed by atoms with Gasteiger partial charge in [0.15, 0.2) is 5.22 Å². The van der Waals surface area contributed by atoms with E-state index in [0.29, 0.717) is 16.7 Å². The molecule has 0 aliphatic heterocycles. The number of nitrogens with zero attached hydrogens (tertiary/aromatic N) is 2. The molecule has 0 spiro atoms. The largest absolute Gasteiger partial charge is 0.453 e. The molecule has 0 aromatic carbocycles. The minimum atomic E-state index is -0.177. The van der Waals surface area contributed by atoms with E-state index >= 15 is 0 Å². The Morgan fingerprint density at radius 3 is 2.74 bits per heavy atom. The van der Waals surface area contributed by atoms with E-state index in [2.05, 4.69) is 10.5 Å². The number of furan rings is 1. The van der Waals surface area contributed by atoms with Crippen LogP contribution in [0.5, 0.6) is 0 Å². The zero-order valence-electron chi connectivity index (χ0n) is 10.8. The van der Waals surface area contributed by atoms with Crippen LogP contribution in [0.2, 0.25) is 10.2 Å². The molecule has 0 amide bonds. The third kappa shape index (κ3) is 2.79. The smallest absolute Gasteiger partial charge is 0.197 e. The molecule has 2 aromatic heterocycles. The Labute approximate surface area is 121 Å². The Morgan fingerprint density at radius 2 is 2.26 bits per heavy atom. The van der Waals surface area contributed by atoms with Gasteiger partial charge in [-0.2, -0.15) is 5.10 Å². The van der Waals surface area contributed by atoms with Gasteiger partial charge < -0.3 is 4.42 Å². The Balaban J connectivity index is 2.29. The number of halogens is 2. The van der Waals surface area contributed by atoms with E-state index in [9.17, 15) is 0 Å². The number of hydrogen-bond acceptors (Lipinski definition) is 4. The van der Waals surface area contributed by atoms with Crippen LogP contribution in [0, 0.1) is 0 Å². The van der Waals surface area contributed by atoms with Gasteiger partial charge in [-0.25, -0.2) is 0 Å². The van der Waals surface area contributed by atoms with Gasteiger partial charge in [-0.15, -0.1) is 0 Å². The molecule has 0 aliphatic carbocycles. The lowest BCUT2D eigenvalue weighted by molar-refractivity contribution is 0.513. The monoisotopic (exact) mass is 302 g/mol. The van der Waals surface area contributed by atoms with Crippen LogP contribution in [-0.4, -0.2) is 9.78 Å². The number of aromatic nitrogens is 2. The molecule has 1 atom stereocenters. The average Bonchev–Trinajstić information content (AvgIpc) is 2.93. The van der Waals surface area contributed by atoms with Crippen LogP contribution in [-0.2, 0) is 19.9 Å². The van der Waals surface area contributed by atoms with Crippen LogP contribution >= 0.6 is 23.2 Å². The number of hydrogen-bond donors (Lipinski definition) is 2. The summed E-state index contributed by atoms with van der Waals surface area (Å²) in [6.07, 6.45) is 2.91. The van der Waals surface area contributed by atoms with Crippen molar-refractivity contribution < 1.29 is 4.42 Å². The van der Waals surface area contributed by atoms with Crippen molar-refractivity contribution in [3.05, 3.63) is 39.5 Å². The first-order valence-electron chi connectivity index (χ1n) is 5.97. The van der Waals surface area contributed by atoms with E-state index in [0.717, 1.165) is 23.4 Å². The Kier molecular flexibility index (Phi) is 4.52. The Morgan fingerprint density at radius 1 is 1.53 bits per heavy atom. The van der Waals surface area contributed by atoms with Crippen molar-refractivity contribution in [1.29, 1.82) is 0 Å². The van der Waals surface area contributed by atoms with Gasteiger partial charge >= 0.3 is 0 Å². The number of nitrogens with two attached hydrogens (primary N) is 1. The highest BCUT2D eigenvalue weighted by atomic mass is 35.5. The lowest BCUT2D eigenvalue weighted by Crippen LogP contribution is -2.30. The van der Waals surface area contributed by atoms with Crippen LogP contribution < -0.4 is 11.3 Å². The van der Waals surface area contributed by atoms with Crippen LogP contribution in [0.1, 0.15) is 29.9 Å². The Bertz CT molecular complexity index is 564. The molecule has 2 rings (SSSR count). The molecule has 3 N–H and O–H groups in total. The van der Waals surface area contributed by atoms with E-state index < -0.39 is 0 Å². The lowest BCUT2D eigenvalue weighted by atomic mass is 10.1. The van der Waals surface area contributed by atoms with Gasteiger partial charge in [-0.1, -0.05) is 18.5 Å².